The van der Waals surface area contributed by atoms with Crippen molar-refractivity contribution < 1.29 is 9.59 Å². The first kappa shape index (κ1) is 15.8. The van der Waals surface area contributed by atoms with Crippen LogP contribution in [0.5, 0.6) is 0 Å². The van der Waals surface area contributed by atoms with E-state index in [-0.39, 0.29) is 18.0 Å². The Morgan fingerprint density at radius 2 is 1.91 bits per heavy atom. The van der Waals surface area contributed by atoms with Crippen LogP contribution < -0.4 is 5.32 Å². The highest BCUT2D eigenvalue weighted by atomic mass is 16.2. The number of nitrogens with one attached hydrogen (secondary N) is 1. The Balaban J connectivity index is 1.48. The van der Waals surface area contributed by atoms with Crippen LogP contribution in [0.15, 0.2) is 6.20 Å². The number of carbonyl (C=O) groups is 2. The molecule has 1 saturated carbocycles. The number of hydrogen-bond donors (Lipinski definition) is 1. The molecule has 1 N–H and O–H groups in total. The Morgan fingerprint density at radius 3 is 2.57 bits per heavy atom. The number of hydrogen-bond acceptors (Lipinski definition) is 4. The van der Waals surface area contributed by atoms with Crippen molar-refractivity contribution in [3.05, 3.63) is 11.9 Å². The molecule has 0 radical (unpaired) electrons. The van der Waals surface area contributed by atoms with Crippen LogP contribution in [0.3, 0.4) is 0 Å². The second kappa shape index (κ2) is 6.55. The Kier molecular flexibility index (Phi) is 4.49. The normalized spacial score (nSPS) is 19.3. The summed E-state index contributed by atoms with van der Waals surface area (Å²) in [6.45, 7) is 1.22. The fraction of sp³-hybridized carbons (Fsp3) is 0.733. The number of urea groups is 1. The summed E-state index contributed by atoms with van der Waals surface area (Å²) in [5.74, 6) is -0.164. The van der Waals surface area contributed by atoms with E-state index in [0.717, 1.165) is 12.8 Å². The van der Waals surface area contributed by atoms with E-state index >= 15 is 0 Å². The fourth-order valence-corrected chi connectivity index (χ4v) is 3.08. The molecule has 2 aliphatic rings. The average Bonchev–Trinajstić information content (AvgIpc) is 2.95. The van der Waals surface area contributed by atoms with Gasteiger partial charge in [0, 0.05) is 33.2 Å². The molecule has 2 fully saturated rings. The lowest BCUT2D eigenvalue weighted by molar-refractivity contribution is 0.0821. The first-order chi connectivity index (χ1) is 11.0. The predicted octanol–water partition coefficient (Wildman–Crippen LogP) is 0.879. The van der Waals surface area contributed by atoms with Gasteiger partial charge in [-0.1, -0.05) is 24.5 Å². The van der Waals surface area contributed by atoms with Crippen LogP contribution in [0.4, 0.5) is 4.79 Å². The molecule has 0 spiro atoms. The van der Waals surface area contributed by atoms with Crippen LogP contribution in [0.1, 0.15) is 48.6 Å². The van der Waals surface area contributed by atoms with E-state index < -0.39 is 0 Å². The monoisotopic (exact) mass is 320 g/mol. The van der Waals surface area contributed by atoms with Crippen molar-refractivity contribution in [2.75, 3.05) is 27.2 Å². The minimum absolute atomic E-state index is 0.0119. The van der Waals surface area contributed by atoms with Crippen LogP contribution in [-0.4, -0.2) is 70.0 Å². The topological polar surface area (TPSA) is 83.4 Å². The van der Waals surface area contributed by atoms with Gasteiger partial charge in [-0.2, -0.15) is 0 Å². The van der Waals surface area contributed by atoms with Crippen molar-refractivity contribution in [2.45, 2.75) is 44.2 Å². The number of amides is 3. The molecule has 0 bridgehead atoms. The van der Waals surface area contributed by atoms with Crippen molar-refractivity contribution in [3.63, 3.8) is 0 Å². The summed E-state index contributed by atoms with van der Waals surface area (Å²) in [6, 6.07) is 0.437. The van der Waals surface area contributed by atoms with E-state index in [1.165, 1.54) is 24.2 Å². The third-order valence-corrected chi connectivity index (χ3v) is 4.59. The van der Waals surface area contributed by atoms with Crippen molar-refractivity contribution in [3.8, 4) is 0 Å². The molecule has 1 aromatic heterocycles. The van der Waals surface area contributed by atoms with Crippen molar-refractivity contribution in [1.29, 1.82) is 0 Å². The Bertz CT molecular complexity index is 572. The van der Waals surface area contributed by atoms with Crippen molar-refractivity contribution in [2.24, 2.45) is 0 Å². The first-order valence-electron chi connectivity index (χ1n) is 8.23. The summed E-state index contributed by atoms with van der Waals surface area (Å²) in [5.41, 5.74) is 0.333. The maximum atomic E-state index is 12.2. The minimum atomic E-state index is -0.164. The Hall–Kier alpha value is -2.12. The van der Waals surface area contributed by atoms with Gasteiger partial charge in [-0.3, -0.25) is 4.79 Å². The minimum Gasteiger partial charge on any atom is -0.343 e. The van der Waals surface area contributed by atoms with Gasteiger partial charge in [-0.25, -0.2) is 9.48 Å². The van der Waals surface area contributed by atoms with Crippen LogP contribution >= 0.6 is 0 Å². The zero-order chi connectivity index (χ0) is 16.4. The average molecular weight is 320 g/mol. The lowest BCUT2D eigenvalue weighted by atomic mass is 9.95. The zero-order valence-corrected chi connectivity index (χ0v) is 13.7. The zero-order valence-electron chi connectivity index (χ0n) is 13.7. The predicted molar refractivity (Wildman–Crippen MR) is 84.1 cm³/mol. The highest BCUT2D eigenvalue weighted by molar-refractivity contribution is 5.91. The van der Waals surface area contributed by atoms with Crippen LogP contribution in [0.25, 0.3) is 0 Å². The number of carbonyl (C=O) groups excluding carboxylic acids is 2. The highest BCUT2D eigenvalue weighted by Gasteiger charge is 2.34. The van der Waals surface area contributed by atoms with E-state index in [1.54, 1.807) is 29.9 Å². The summed E-state index contributed by atoms with van der Waals surface area (Å²) >= 11 is 0. The van der Waals surface area contributed by atoms with Gasteiger partial charge in [0.1, 0.15) is 0 Å². The van der Waals surface area contributed by atoms with E-state index in [9.17, 15) is 9.59 Å². The summed E-state index contributed by atoms with van der Waals surface area (Å²) in [6.07, 6.45) is 7.51. The van der Waals surface area contributed by atoms with E-state index in [1.807, 2.05) is 0 Å². The van der Waals surface area contributed by atoms with Gasteiger partial charge in [0.15, 0.2) is 5.69 Å². The number of aromatic nitrogens is 3. The lowest BCUT2D eigenvalue weighted by Gasteiger charge is -2.39. The molecule has 2 heterocycles. The molecular formula is C15H24N6O2. The van der Waals surface area contributed by atoms with Crippen LogP contribution in [0, 0.1) is 0 Å². The molecule has 126 valence electrons. The highest BCUT2D eigenvalue weighted by Crippen LogP contribution is 2.22. The van der Waals surface area contributed by atoms with Gasteiger partial charge >= 0.3 is 6.03 Å². The Labute approximate surface area is 135 Å². The molecular weight excluding hydrogens is 296 g/mol. The fourth-order valence-electron chi connectivity index (χ4n) is 3.08. The van der Waals surface area contributed by atoms with Gasteiger partial charge in [-0.05, 0) is 12.8 Å². The first-order valence-corrected chi connectivity index (χ1v) is 8.23. The quantitative estimate of drug-likeness (QED) is 0.896. The summed E-state index contributed by atoms with van der Waals surface area (Å²) < 4.78 is 1.68. The third kappa shape index (κ3) is 3.46. The van der Waals surface area contributed by atoms with Crippen molar-refractivity contribution >= 4 is 11.9 Å². The smallest absolute Gasteiger partial charge is 0.317 e. The molecule has 1 aromatic rings. The second-order valence-corrected chi connectivity index (χ2v) is 6.63. The molecule has 3 rings (SSSR count). The summed E-state index contributed by atoms with van der Waals surface area (Å²) in [4.78, 5) is 27.3. The van der Waals surface area contributed by atoms with E-state index in [2.05, 4.69) is 15.6 Å². The molecule has 1 saturated heterocycles. The van der Waals surface area contributed by atoms with Gasteiger partial charge < -0.3 is 15.1 Å². The molecule has 0 unspecified atom stereocenters. The molecule has 8 heteroatoms. The van der Waals surface area contributed by atoms with Gasteiger partial charge in [0.25, 0.3) is 5.91 Å². The number of rotatable bonds is 3. The third-order valence-electron chi connectivity index (χ3n) is 4.59. The van der Waals surface area contributed by atoms with E-state index in [4.69, 9.17) is 0 Å². The second-order valence-electron chi connectivity index (χ2n) is 6.63. The number of likely N-dealkylation sites (tertiary alicyclic amines) is 1. The molecule has 0 atom stereocenters. The standard InChI is InChI=1S/C15H24N6O2/c1-19(2)14(22)13-10-21(18-17-13)12-8-20(9-12)15(23)16-11-6-4-3-5-7-11/h10-12H,3-9H2,1-2H3,(H,16,23). The van der Waals surface area contributed by atoms with E-state index in [0.29, 0.717) is 24.8 Å². The molecule has 0 aromatic carbocycles. The summed E-state index contributed by atoms with van der Waals surface area (Å²) in [5, 5.41) is 11.0. The molecule has 3 amide bonds. The molecule has 1 aliphatic heterocycles. The summed E-state index contributed by atoms with van der Waals surface area (Å²) in [7, 11) is 3.37. The largest absolute Gasteiger partial charge is 0.343 e. The maximum absolute atomic E-state index is 12.2. The molecule has 1 aliphatic carbocycles. The van der Waals surface area contributed by atoms with Crippen LogP contribution in [-0.2, 0) is 0 Å². The SMILES string of the molecule is CN(C)C(=O)c1cn(C2CN(C(=O)NC3CCCCC3)C2)nn1. The number of nitrogens with zero attached hydrogens (tertiary/aromatic N) is 5. The van der Waals surface area contributed by atoms with Crippen LogP contribution in [0.2, 0.25) is 0 Å². The van der Waals surface area contributed by atoms with Gasteiger partial charge in [0.2, 0.25) is 0 Å². The van der Waals surface area contributed by atoms with Gasteiger partial charge in [-0.15, -0.1) is 5.10 Å². The lowest BCUT2D eigenvalue weighted by Crippen LogP contribution is -2.56. The van der Waals surface area contributed by atoms with Gasteiger partial charge in [0.05, 0.1) is 12.2 Å². The molecule has 8 nitrogen and oxygen atoms in total. The van der Waals surface area contributed by atoms with Crippen molar-refractivity contribution in [1.82, 2.24) is 30.1 Å². The maximum Gasteiger partial charge on any atom is 0.317 e. The Morgan fingerprint density at radius 1 is 1.22 bits per heavy atom. The molecule has 23 heavy (non-hydrogen) atoms.